The summed E-state index contributed by atoms with van der Waals surface area (Å²) in [5, 5.41) is 4.27. The Bertz CT molecular complexity index is 1530. The average molecular weight is 451 g/mol. The molecule has 0 aliphatic heterocycles. The molecule has 5 rings (SSSR count). The maximum atomic E-state index is 13.5. The van der Waals surface area contributed by atoms with Gasteiger partial charge >= 0.3 is 0 Å². The van der Waals surface area contributed by atoms with Gasteiger partial charge in [-0.1, -0.05) is 12.1 Å². The SMILES string of the molecule is COc1ccc(C(=O)n2c(-c3ccc(C(=O)n4nc(C)cc4C)cc3)nc3cccnc32)cc1. The Kier molecular flexibility index (Phi) is 5.25. The highest BCUT2D eigenvalue weighted by Crippen LogP contribution is 2.26. The van der Waals surface area contributed by atoms with Crippen molar-refractivity contribution in [3.63, 3.8) is 0 Å². The molecule has 0 aliphatic rings. The second-order valence-corrected chi connectivity index (χ2v) is 7.87. The molecule has 0 saturated carbocycles. The Balaban J connectivity index is 1.57. The van der Waals surface area contributed by atoms with Crippen molar-refractivity contribution < 1.29 is 14.3 Å². The van der Waals surface area contributed by atoms with E-state index in [1.54, 1.807) is 67.9 Å². The Morgan fingerprint density at radius 3 is 2.21 bits per heavy atom. The van der Waals surface area contributed by atoms with E-state index in [1.165, 1.54) is 9.25 Å². The number of pyridine rings is 1. The number of aryl methyl sites for hydroxylation is 2. The largest absolute Gasteiger partial charge is 0.497 e. The van der Waals surface area contributed by atoms with E-state index >= 15 is 0 Å². The highest BCUT2D eigenvalue weighted by Gasteiger charge is 2.21. The van der Waals surface area contributed by atoms with Crippen molar-refractivity contribution in [2.24, 2.45) is 0 Å². The Hall–Kier alpha value is -4.59. The summed E-state index contributed by atoms with van der Waals surface area (Å²) >= 11 is 0. The predicted molar refractivity (Wildman–Crippen MR) is 127 cm³/mol. The van der Waals surface area contributed by atoms with E-state index in [4.69, 9.17) is 4.74 Å². The molecule has 3 heterocycles. The summed E-state index contributed by atoms with van der Waals surface area (Å²) < 4.78 is 8.08. The van der Waals surface area contributed by atoms with Crippen LogP contribution in [0, 0.1) is 13.8 Å². The summed E-state index contributed by atoms with van der Waals surface area (Å²) in [6, 6.07) is 19.3. The van der Waals surface area contributed by atoms with Crippen LogP contribution in [0.25, 0.3) is 22.6 Å². The third-order valence-electron chi connectivity index (χ3n) is 5.55. The van der Waals surface area contributed by atoms with Crippen LogP contribution in [0.3, 0.4) is 0 Å². The van der Waals surface area contributed by atoms with Gasteiger partial charge in [0, 0.05) is 28.6 Å². The molecule has 0 N–H and O–H groups in total. The number of carbonyl (C=O) groups is 2. The lowest BCUT2D eigenvalue weighted by atomic mass is 10.1. The number of hydrogen-bond acceptors (Lipinski definition) is 6. The second kappa shape index (κ2) is 8.40. The van der Waals surface area contributed by atoms with Crippen molar-refractivity contribution in [1.29, 1.82) is 0 Å². The predicted octanol–water partition coefficient (Wildman–Crippen LogP) is 4.30. The molecule has 2 aromatic carbocycles. The van der Waals surface area contributed by atoms with E-state index in [1.807, 2.05) is 26.0 Å². The summed E-state index contributed by atoms with van der Waals surface area (Å²) in [4.78, 5) is 35.4. The molecule has 0 atom stereocenters. The van der Waals surface area contributed by atoms with Gasteiger partial charge in [-0.3, -0.25) is 9.59 Å². The molecule has 34 heavy (non-hydrogen) atoms. The first-order valence-electron chi connectivity index (χ1n) is 10.7. The maximum Gasteiger partial charge on any atom is 0.278 e. The fourth-order valence-corrected chi connectivity index (χ4v) is 3.88. The number of fused-ring (bicyclic) bond motifs is 1. The van der Waals surface area contributed by atoms with Gasteiger partial charge in [0.15, 0.2) is 5.65 Å². The van der Waals surface area contributed by atoms with E-state index in [9.17, 15) is 9.59 Å². The van der Waals surface area contributed by atoms with Crippen LogP contribution in [-0.4, -0.2) is 43.2 Å². The van der Waals surface area contributed by atoms with Crippen molar-refractivity contribution in [1.82, 2.24) is 24.3 Å². The van der Waals surface area contributed by atoms with Crippen molar-refractivity contribution in [2.75, 3.05) is 7.11 Å². The lowest BCUT2D eigenvalue weighted by molar-refractivity contribution is 0.0939. The molecule has 0 unspecified atom stereocenters. The summed E-state index contributed by atoms with van der Waals surface area (Å²) in [5.74, 6) is 0.621. The zero-order valence-corrected chi connectivity index (χ0v) is 18.9. The summed E-state index contributed by atoms with van der Waals surface area (Å²) in [5.41, 5.74) is 4.25. The smallest absolute Gasteiger partial charge is 0.278 e. The first-order valence-corrected chi connectivity index (χ1v) is 10.7. The number of hydrogen-bond donors (Lipinski definition) is 0. The van der Waals surface area contributed by atoms with Crippen LogP contribution >= 0.6 is 0 Å². The van der Waals surface area contributed by atoms with E-state index in [0.717, 1.165) is 11.4 Å². The number of carbonyl (C=O) groups excluding carboxylic acids is 2. The number of aromatic nitrogens is 5. The lowest BCUT2D eigenvalue weighted by Crippen LogP contribution is -2.15. The van der Waals surface area contributed by atoms with Crippen molar-refractivity contribution >= 4 is 23.0 Å². The first-order chi connectivity index (χ1) is 16.5. The topological polar surface area (TPSA) is 91.9 Å². The maximum absolute atomic E-state index is 13.5. The van der Waals surface area contributed by atoms with Crippen molar-refractivity contribution in [3.05, 3.63) is 95.4 Å². The van der Waals surface area contributed by atoms with Gasteiger partial charge in [0.2, 0.25) is 0 Å². The van der Waals surface area contributed by atoms with Crippen LogP contribution in [0.4, 0.5) is 0 Å². The molecule has 0 aliphatic carbocycles. The zero-order valence-electron chi connectivity index (χ0n) is 18.9. The van der Waals surface area contributed by atoms with Crippen LogP contribution in [0.1, 0.15) is 32.1 Å². The van der Waals surface area contributed by atoms with E-state index in [0.29, 0.717) is 39.4 Å². The number of rotatable bonds is 4. The highest BCUT2D eigenvalue weighted by atomic mass is 16.5. The summed E-state index contributed by atoms with van der Waals surface area (Å²) in [7, 11) is 1.57. The van der Waals surface area contributed by atoms with E-state index in [-0.39, 0.29) is 11.8 Å². The Morgan fingerprint density at radius 2 is 1.56 bits per heavy atom. The van der Waals surface area contributed by atoms with E-state index < -0.39 is 0 Å². The standard InChI is InChI=1S/C26H21N5O3/c1-16-15-17(2)31(29-16)26(33)20-8-6-18(7-9-20)23-28-22-5-4-14-27-24(22)30(23)25(32)19-10-12-21(34-3)13-11-19/h4-15H,1-3H3. The van der Waals surface area contributed by atoms with Crippen LogP contribution < -0.4 is 4.74 Å². The monoisotopic (exact) mass is 451 g/mol. The second-order valence-electron chi connectivity index (χ2n) is 7.87. The number of ether oxygens (including phenoxy) is 1. The van der Waals surface area contributed by atoms with E-state index in [2.05, 4.69) is 15.1 Å². The molecule has 168 valence electrons. The first kappa shape index (κ1) is 21.3. The van der Waals surface area contributed by atoms with Gasteiger partial charge in [0.05, 0.1) is 12.8 Å². The fourth-order valence-electron chi connectivity index (χ4n) is 3.88. The Labute approximate surface area is 195 Å². The fraction of sp³-hybridized carbons (Fsp3) is 0.115. The van der Waals surface area contributed by atoms with Crippen LogP contribution in [0.2, 0.25) is 0 Å². The van der Waals surface area contributed by atoms with Gasteiger partial charge in [0.25, 0.3) is 11.8 Å². The molecular weight excluding hydrogens is 430 g/mol. The summed E-state index contributed by atoms with van der Waals surface area (Å²) in [6.07, 6.45) is 1.63. The van der Waals surface area contributed by atoms with Gasteiger partial charge in [-0.25, -0.2) is 19.2 Å². The normalized spacial score (nSPS) is 11.0. The molecule has 0 amide bonds. The van der Waals surface area contributed by atoms with Gasteiger partial charge in [-0.05, 0) is 68.4 Å². The molecule has 0 spiro atoms. The quantitative estimate of drug-likeness (QED) is 0.405. The number of imidazole rings is 1. The molecule has 0 bridgehead atoms. The van der Waals surface area contributed by atoms with Crippen molar-refractivity contribution in [2.45, 2.75) is 13.8 Å². The lowest BCUT2D eigenvalue weighted by Gasteiger charge is -2.09. The minimum Gasteiger partial charge on any atom is -0.497 e. The van der Waals surface area contributed by atoms with Crippen LogP contribution in [-0.2, 0) is 0 Å². The minimum absolute atomic E-state index is 0.221. The molecule has 0 saturated heterocycles. The number of benzene rings is 2. The number of nitrogens with zero attached hydrogens (tertiary/aromatic N) is 5. The molecular formula is C26H21N5O3. The van der Waals surface area contributed by atoms with Gasteiger partial charge in [-0.2, -0.15) is 5.10 Å². The number of methoxy groups -OCH3 is 1. The molecule has 5 aromatic rings. The molecule has 3 aromatic heterocycles. The van der Waals surface area contributed by atoms with Gasteiger partial charge < -0.3 is 4.74 Å². The Morgan fingerprint density at radius 1 is 0.882 bits per heavy atom. The summed E-state index contributed by atoms with van der Waals surface area (Å²) in [6.45, 7) is 3.69. The van der Waals surface area contributed by atoms with Crippen LogP contribution in [0.15, 0.2) is 72.9 Å². The molecule has 0 radical (unpaired) electrons. The molecule has 8 nitrogen and oxygen atoms in total. The van der Waals surface area contributed by atoms with Crippen molar-refractivity contribution in [3.8, 4) is 17.1 Å². The van der Waals surface area contributed by atoms with Gasteiger partial charge in [-0.15, -0.1) is 0 Å². The average Bonchev–Trinajstić information content (AvgIpc) is 3.42. The molecule has 8 heteroatoms. The molecule has 0 fully saturated rings. The minimum atomic E-state index is -0.262. The zero-order chi connectivity index (χ0) is 23.8. The third kappa shape index (κ3) is 3.65. The third-order valence-corrected chi connectivity index (χ3v) is 5.55. The highest BCUT2D eigenvalue weighted by molar-refractivity contribution is 6.03. The van der Waals surface area contributed by atoms with Crippen LogP contribution in [0.5, 0.6) is 5.75 Å². The van der Waals surface area contributed by atoms with Gasteiger partial charge in [0.1, 0.15) is 17.1 Å².